The molecule has 1 rings (SSSR count). The lowest BCUT2D eigenvalue weighted by Gasteiger charge is -2.13. The summed E-state index contributed by atoms with van der Waals surface area (Å²) in [5.41, 5.74) is 0.689. The molecule has 0 N–H and O–H groups in total. The third-order valence-corrected chi connectivity index (χ3v) is 3.37. The summed E-state index contributed by atoms with van der Waals surface area (Å²) in [4.78, 5) is 10.5. The molecule has 19 heavy (non-hydrogen) atoms. The highest BCUT2D eigenvalue weighted by molar-refractivity contribution is 5.74. The molecule has 1 atom stereocenters. The van der Waals surface area contributed by atoms with Gasteiger partial charge in [0.05, 0.1) is 6.61 Å². The van der Waals surface area contributed by atoms with Crippen LogP contribution in [0.5, 0.6) is 5.75 Å². The topological polar surface area (TPSA) is 26.3 Å². The van der Waals surface area contributed by atoms with E-state index >= 15 is 0 Å². The van der Waals surface area contributed by atoms with Crippen molar-refractivity contribution in [2.24, 2.45) is 11.8 Å². The van der Waals surface area contributed by atoms with Gasteiger partial charge in [-0.3, -0.25) is 4.79 Å². The van der Waals surface area contributed by atoms with Gasteiger partial charge in [-0.05, 0) is 42.5 Å². The van der Waals surface area contributed by atoms with Crippen LogP contribution in [0.4, 0.5) is 0 Å². The second-order valence-corrected chi connectivity index (χ2v) is 5.75. The van der Waals surface area contributed by atoms with Gasteiger partial charge in [0.2, 0.25) is 0 Å². The Bertz CT molecular complexity index is 354. The molecule has 0 saturated heterocycles. The second-order valence-electron chi connectivity index (χ2n) is 5.75. The standard InChI is InChI=1S/C17H26O2/c1-14(2)5-4-6-15(3)11-12-19-17-9-7-16(13-18)8-10-17/h7-10,13-15H,4-6,11-12H2,1-3H3. The normalized spacial score (nSPS) is 12.4. The minimum Gasteiger partial charge on any atom is -0.494 e. The predicted molar refractivity (Wildman–Crippen MR) is 79.8 cm³/mol. The van der Waals surface area contributed by atoms with Crippen LogP contribution < -0.4 is 4.74 Å². The summed E-state index contributed by atoms with van der Waals surface area (Å²) in [5.74, 6) is 2.37. The molecule has 2 nitrogen and oxygen atoms in total. The molecule has 0 aromatic heterocycles. The van der Waals surface area contributed by atoms with Crippen LogP contribution in [-0.2, 0) is 0 Å². The van der Waals surface area contributed by atoms with Gasteiger partial charge in [0.25, 0.3) is 0 Å². The lowest BCUT2D eigenvalue weighted by molar-refractivity contribution is 0.112. The molecule has 1 aromatic carbocycles. The van der Waals surface area contributed by atoms with Crippen molar-refractivity contribution < 1.29 is 9.53 Å². The third-order valence-electron chi connectivity index (χ3n) is 3.37. The Morgan fingerprint density at radius 2 is 1.74 bits per heavy atom. The zero-order valence-corrected chi connectivity index (χ0v) is 12.4. The molecule has 1 aromatic rings. The average molecular weight is 262 g/mol. The molecule has 0 amide bonds. The van der Waals surface area contributed by atoms with Crippen molar-refractivity contribution in [1.82, 2.24) is 0 Å². The van der Waals surface area contributed by atoms with Gasteiger partial charge in [-0.2, -0.15) is 0 Å². The highest BCUT2D eigenvalue weighted by atomic mass is 16.5. The molecule has 0 heterocycles. The minimum absolute atomic E-state index is 0.689. The summed E-state index contributed by atoms with van der Waals surface area (Å²) < 4.78 is 5.69. The molecule has 106 valence electrons. The Labute approximate surface area is 117 Å². The minimum atomic E-state index is 0.689. The van der Waals surface area contributed by atoms with Crippen molar-refractivity contribution in [3.8, 4) is 5.75 Å². The first-order valence-corrected chi connectivity index (χ1v) is 7.30. The SMILES string of the molecule is CC(C)CCCC(C)CCOc1ccc(C=O)cc1. The highest BCUT2D eigenvalue weighted by Gasteiger charge is 2.04. The van der Waals surface area contributed by atoms with Crippen LogP contribution in [-0.4, -0.2) is 12.9 Å². The molecule has 2 heteroatoms. The van der Waals surface area contributed by atoms with Crippen LogP contribution in [0.15, 0.2) is 24.3 Å². The Kier molecular flexibility index (Phi) is 7.24. The monoisotopic (exact) mass is 262 g/mol. The molecule has 0 aliphatic rings. The van der Waals surface area contributed by atoms with Gasteiger partial charge in [-0.15, -0.1) is 0 Å². The van der Waals surface area contributed by atoms with Crippen molar-refractivity contribution in [2.45, 2.75) is 46.5 Å². The van der Waals surface area contributed by atoms with Gasteiger partial charge in [-0.1, -0.05) is 40.0 Å². The molecular weight excluding hydrogens is 236 g/mol. The van der Waals surface area contributed by atoms with Gasteiger partial charge in [0.1, 0.15) is 12.0 Å². The predicted octanol–water partition coefficient (Wildman–Crippen LogP) is 4.73. The van der Waals surface area contributed by atoms with Crippen molar-refractivity contribution in [3.63, 3.8) is 0 Å². The number of hydrogen-bond donors (Lipinski definition) is 0. The molecule has 0 saturated carbocycles. The van der Waals surface area contributed by atoms with Crippen LogP contribution >= 0.6 is 0 Å². The molecular formula is C17H26O2. The molecule has 0 aliphatic heterocycles. The Balaban J connectivity index is 2.16. The smallest absolute Gasteiger partial charge is 0.150 e. The first kappa shape index (κ1) is 15.7. The maximum absolute atomic E-state index is 10.5. The summed E-state index contributed by atoms with van der Waals surface area (Å²) in [6.07, 6.45) is 5.85. The zero-order chi connectivity index (χ0) is 14.1. The summed E-state index contributed by atoms with van der Waals surface area (Å²) >= 11 is 0. The number of aldehydes is 1. The number of hydrogen-bond acceptors (Lipinski definition) is 2. The molecule has 0 fully saturated rings. The van der Waals surface area contributed by atoms with E-state index in [0.717, 1.165) is 31.0 Å². The Morgan fingerprint density at radius 1 is 1.05 bits per heavy atom. The van der Waals surface area contributed by atoms with E-state index in [4.69, 9.17) is 4.74 Å². The van der Waals surface area contributed by atoms with Crippen LogP contribution in [0.1, 0.15) is 56.8 Å². The zero-order valence-electron chi connectivity index (χ0n) is 12.4. The van der Waals surface area contributed by atoms with E-state index in [1.165, 1.54) is 19.3 Å². The number of carbonyl (C=O) groups is 1. The van der Waals surface area contributed by atoms with Crippen LogP contribution in [0.25, 0.3) is 0 Å². The maximum atomic E-state index is 10.5. The summed E-state index contributed by atoms with van der Waals surface area (Å²) in [6.45, 7) is 7.59. The van der Waals surface area contributed by atoms with Crippen LogP contribution in [0.3, 0.4) is 0 Å². The molecule has 0 spiro atoms. The van der Waals surface area contributed by atoms with Gasteiger partial charge in [0.15, 0.2) is 0 Å². The van der Waals surface area contributed by atoms with Gasteiger partial charge >= 0.3 is 0 Å². The van der Waals surface area contributed by atoms with Crippen LogP contribution in [0, 0.1) is 11.8 Å². The third kappa shape index (κ3) is 7.00. The second kappa shape index (κ2) is 8.73. The summed E-state index contributed by atoms with van der Waals surface area (Å²) in [5, 5.41) is 0. The number of rotatable bonds is 9. The fourth-order valence-corrected chi connectivity index (χ4v) is 2.04. The average Bonchev–Trinajstić information content (AvgIpc) is 2.39. The number of ether oxygens (including phenoxy) is 1. The lowest BCUT2D eigenvalue weighted by Crippen LogP contribution is -2.04. The van der Waals surface area contributed by atoms with Crippen molar-refractivity contribution >= 4 is 6.29 Å². The summed E-state index contributed by atoms with van der Waals surface area (Å²) in [6, 6.07) is 7.28. The van der Waals surface area contributed by atoms with Crippen molar-refractivity contribution in [1.29, 1.82) is 0 Å². The highest BCUT2D eigenvalue weighted by Crippen LogP contribution is 2.17. The van der Waals surface area contributed by atoms with Crippen molar-refractivity contribution in [3.05, 3.63) is 29.8 Å². The van der Waals surface area contributed by atoms with Gasteiger partial charge in [-0.25, -0.2) is 0 Å². The largest absolute Gasteiger partial charge is 0.494 e. The van der Waals surface area contributed by atoms with Crippen molar-refractivity contribution in [2.75, 3.05) is 6.61 Å². The van der Waals surface area contributed by atoms with E-state index in [1.54, 1.807) is 12.1 Å². The fourth-order valence-electron chi connectivity index (χ4n) is 2.04. The quantitative estimate of drug-likeness (QED) is 0.601. The van der Waals surface area contributed by atoms with E-state index in [9.17, 15) is 4.79 Å². The van der Waals surface area contributed by atoms with E-state index in [1.807, 2.05) is 12.1 Å². The van der Waals surface area contributed by atoms with E-state index in [2.05, 4.69) is 20.8 Å². The first-order chi connectivity index (χ1) is 9.11. The van der Waals surface area contributed by atoms with Crippen LogP contribution in [0.2, 0.25) is 0 Å². The van der Waals surface area contributed by atoms with Gasteiger partial charge in [0, 0.05) is 5.56 Å². The molecule has 0 radical (unpaired) electrons. The first-order valence-electron chi connectivity index (χ1n) is 7.30. The lowest BCUT2D eigenvalue weighted by atomic mass is 9.98. The molecule has 0 aliphatic carbocycles. The number of benzene rings is 1. The maximum Gasteiger partial charge on any atom is 0.150 e. The Hall–Kier alpha value is -1.31. The van der Waals surface area contributed by atoms with E-state index in [0.29, 0.717) is 11.5 Å². The van der Waals surface area contributed by atoms with Gasteiger partial charge < -0.3 is 4.74 Å². The fraction of sp³-hybridized carbons (Fsp3) is 0.588. The summed E-state index contributed by atoms with van der Waals surface area (Å²) in [7, 11) is 0. The molecule has 1 unspecified atom stereocenters. The molecule has 0 bridgehead atoms. The number of carbonyl (C=O) groups excluding carboxylic acids is 1. The van der Waals surface area contributed by atoms with E-state index in [-0.39, 0.29) is 0 Å². The van der Waals surface area contributed by atoms with E-state index < -0.39 is 0 Å². The Morgan fingerprint density at radius 3 is 2.32 bits per heavy atom.